The summed E-state index contributed by atoms with van der Waals surface area (Å²) >= 11 is 0. The molecule has 3 heteroatoms. The average Bonchev–Trinajstić information content (AvgIpc) is 2.45. The molecule has 4 bridgehead atoms. The van der Waals surface area contributed by atoms with Crippen LogP contribution >= 0.6 is 0 Å². The van der Waals surface area contributed by atoms with Crippen molar-refractivity contribution in [1.29, 1.82) is 0 Å². The van der Waals surface area contributed by atoms with E-state index in [2.05, 4.69) is 17.2 Å². The van der Waals surface area contributed by atoms with Gasteiger partial charge in [-0.25, -0.2) is 9.37 Å². The third kappa shape index (κ3) is 2.45. The van der Waals surface area contributed by atoms with Crippen molar-refractivity contribution in [2.45, 2.75) is 39.0 Å². The summed E-state index contributed by atoms with van der Waals surface area (Å²) in [7, 11) is 0. The van der Waals surface area contributed by atoms with Crippen LogP contribution in [0.1, 0.15) is 39.0 Å². The zero-order valence-corrected chi connectivity index (χ0v) is 12.8. The maximum absolute atomic E-state index is 13.6. The molecular formula is C18H25FN2. The molecule has 0 aromatic carbocycles. The van der Waals surface area contributed by atoms with Gasteiger partial charge in [0.25, 0.3) is 0 Å². The summed E-state index contributed by atoms with van der Waals surface area (Å²) in [6.07, 6.45) is 8.99. The number of rotatable bonds is 4. The lowest BCUT2D eigenvalue weighted by Gasteiger charge is -2.56. The van der Waals surface area contributed by atoms with E-state index in [4.69, 9.17) is 0 Å². The molecule has 2 nitrogen and oxygen atoms in total. The van der Waals surface area contributed by atoms with Crippen molar-refractivity contribution in [2.75, 3.05) is 11.9 Å². The number of aromatic nitrogens is 1. The first-order valence-electron chi connectivity index (χ1n) is 8.55. The van der Waals surface area contributed by atoms with Gasteiger partial charge in [0.15, 0.2) is 11.6 Å². The normalized spacial score (nSPS) is 38.5. The van der Waals surface area contributed by atoms with Gasteiger partial charge in [0.05, 0.1) is 0 Å². The molecule has 1 unspecified atom stereocenters. The lowest BCUT2D eigenvalue weighted by atomic mass is 9.50. The Morgan fingerprint density at radius 2 is 1.86 bits per heavy atom. The second-order valence-electron chi connectivity index (χ2n) is 7.70. The largest absolute Gasteiger partial charge is 0.367 e. The van der Waals surface area contributed by atoms with E-state index in [1.54, 1.807) is 12.3 Å². The van der Waals surface area contributed by atoms with Crippen molar-refractivity contribution in [3.8, 4) is 0 Å². The lowest BCUT2D eigenvalue weighted by Crippen LogP contribution is -2.48. The maximum atomic E-state index is 13.6. The molecule has 1 atom stereocenters. The Morgan fingerprint density at radius 3 is 2.48 bits per heavy atom. The summed E-state index contributed by atoms with van der Waals surface area (Å²) in [5.74, 6) is 5.55. The van der Waals surface area contributed by atoms with Gasteiger partial charge in [0.2, 0.25) is 0 Å². The molecule has 0 spiro atoms. The number of hydrogen-bond acceptors (Lipinski definition) is 2. The molecule has 0 radical (unpaired) electrons. The molecule has 4 aliphatic rings. The first-order valence-corrected chi connectivity index (χ1v) is 8.55. The summed E-state index contributed by atoms with van der Waals surface area (Å²) < 4.78 is 13.6. The predicted octanol–water partition coefficient (Wildman–Crippen LogP) is 4.34. The summed E-state index contributed by atoms with van der Waals surface area (Å²) in [5.41, 5.74) is 0. The van der Waals surface area contributed by atoms with E-state index in [-0.39, 0.29) is 5.82 Å². The van der Waals surface area contributed by atoms with E-state index in [1.807, 2.05) is 0 Å². The molecule has 0 saturated heterocycles. The highest BCUT2D eigenvalue weighted by atomic mass is 19.1. The van der Waals surface area contributed by atoms with Gasteiger partial charge in [-0.3, -0.25) is 0 Å². The number of anilines is 1. The van der Waals surface area contributed by atoms with Gasteiger partial charge in [0.1, 0.15) is 0 Å². The Labute approximate surface area is 126 Å². The van der Waals surface area contributed by atoms with Gasteiger partial charge in [-0.1, -0.05) is 6.92 Å². The molecule has 5 rings (SSSR count). The van der Waals surface area contributed by atoms with Crippen LogP contribution in [0.15, 0.2) is 18.3 Å². The van der Waals surface area contributed by atoms with Crippen LogP contribution in [0.3, 0.4) is 0 Å². The highest BCUT2D eigenvalue weighted by Crippen LogP contribution is 2.58. The standard InChI is InChI=1S/C18H25FN2/c1-11(10-21-18-16(19)3-2-4-20-18)17-14-6-12-5-13(8-14)9-15(17)7-12/h2-4,11-15,17H,5-10H2,1H3,(H,20,21). The van der Waals surface area contributed by atoms with E-state index >= 15 is 0 Å². The molecule has 1 aromatic rings. The fraction of sp³-hybridized carbons (Fsp3) is 0.722. The minimum absolute atomic E-state index is 0.241. The second kappa shape index (κ2) is 5.26. The van der Waals surface area contributed by atoms with Gasteiger partial charge in [-0.15, -0.1) is 0 Å². The molecule has 21 heavy (non-hydrogen) atoms. The monoisotopic (exact) mass is 288 g/mol. The minimum Gasteiger partial charge on any atom is -0.367 e. The zero-order valence-electron chi connectivity index (χ0n) is 12.8. The van der Waals surface area contributed by atoms with Crippen molar-refractivity contribution < 1.29 is 4.39 Å². The molecule has 1 heterocycles. The van der Waals surface area contributed by atoms with Crippen molar-refractivity contribution >= 4 is 5.82 Å². The first-order chi connectivity index (χ1) is 10.2. The maximum Gasteiger partial charge on any atom is 0.165 e. The van der Waals surface area contributed by atoms with E-state index in [9.17, 15) is 4.39 Å². The van der Waals surface area contributed by atoms with Gasteiger partial charge < -0.3 is 5.32 Å². The zero-order chi connectivity index (χ0) is 14.4. The Balaban J connectivity index is 1.41. The summed E-state index contributed by atoms with van der Waals surface area (Å²) in [5, 5.41) is 3.24. The fourth-order valence-electron chi connectivity index (χ4n) is 5.81. The van der Waals surface area contributed by atoms with Crippen LogP contribution in [-0.2, 0) is 0 Å². The molecule has 4 fully saturated rings. The molecule has 114 valence electrons. The minimum atomic E-state index is -0.241. The van der Waals surface area contributed by atoms with Crippen molar-refractivity contribution in [2.24, 2.45) is 35.5 Å². The third-order valence-corrected chi connectivity index (χ3v) is 6.31. The highest BCUT2D eigenvalue weighted by Gasteiger charge is 2.49. The Hall–Kier alpha value is -1.12. The average molecular weight is 288 g/mol. The first kappa shape index (κ1) is 13.5. The smallest absolute Gasteiger partial charge is 0.165 e. The molecule has 0 amide bonds. The summed E-state index contributed by atoms with van der Waals surface area (Å²) in [6.45, 7) is 3.20. The van der Waals surface area contributed by atoms with Crippen molar-refractivity contribution in [3.63, 3.8) is 0 Å². The number of pyridine rings is 1. The van der Waals surface area contributed by atoms with Crippen molar-refractivity contribution in [3.05, 3.63) is 24.1 Å². The lowest BCUT2D eigenvalue weighted by molar-refractivity contribution is -0.0561. The molecule has 4 saturated carbocycles. The third-order valence-electron chi connectivity index (χ3n) is 6.31. The second-order valence-corrected chi connectivity index (χ2v) is 7.70. The topological polar surface area (TPSA) is 24.9 Å². The molecule has 1 N–H and O–H groups in total. The van der Waals surface area contributed by atoms with Crippen LogP contribution in [0.2, 0.25) is 0 Å². The molecule has 1 aromatic heterocycles. The van der Waals surface area contributed by atoms with Crippen LogP contribution in [0.4, 0.5) is 10.2 Å². The number of nitrogens with one attached hydrogen (secondary N) is 1. The Morgan fingerprint density at radius 1 is 1.19 bits per heavy atom. The van der Waals surface area contributed by atoms with E-state index in [1.165, 1.54) is 38.2 Å². The van der Waals surface area contributed by atoms with Crippen molar-refractivity contribution in [1.82, 2.24) is 4.98 Å². The van der Waals surface area contributed by atoms with Gasteiger partial charge in [0, 0.05) is 12.7 Å². The Kier molecular flexibility index (Phi) is 3.39. The summed E-state index contributed by atoms with van der Waals surface area (Å²) in [6, 6.07) is 3.12. The fourth-order valence-corrected chi connectivity index (χ4v) is 5.81. The van der Waals surface area contributed by atoms with Gasteiger partial charge in [-0.05, 0) is 79.7 Å². The van der Waals surface area contributed by atoms with E-state index in [0.717, 1.165) is 36.1 Å². The molecule has 0 aliphatic heterocycles. The highest BCUT2D eigenvalue weighted by molar-refractivity contribution is 5.35. The SMILES string of the molecule is CC(CNc1ncccc1F)C1C2CC3CC(C2)CC1C3. The van der Waals surface area contributed by atoms with Crippen LogP contribution in [-0.4, -0.2) is 11.5 Å². The number of nitrogens with zero attached hydrogens (tertiary/aromatic N) is 1. The molecule has 4 aliphatic carbocycles. The van der Waals surface area contributed by atoms with Crippen LogP contribution < -0.4 is 5.32 Å². The van der Waals surface area contributed by atoms with Crippen LogP contribution in [0.5, 0.6) is 0 Å². The number of hydrogen-bond donors (Lipinski definition) is 1. The predicted molar refractivity (Wildman–Crippen MR) is 82.4 cm³/mol. The molecular weight excluding hydrogens is 263 g/mol. The quantitative estimate of drug-likeness (QED) is 0.891. The van der Waals surface area contributed by atoms with Crippen LogP contribution in [0.25, 0.3) is 0 Å². The number of halogens is 1. The van der Waals surface area contributed by atoms with E-state index in [0.29, 0.717) is 11.7 Å². The Bertz CT molecular complexity index is 488. The van der Waals surface area contributed by atoms with Crippen LogP contribution in [0, 0.1) is 41.3 Å². The summed E-state index contributed by atoms with van der Waals surface area (Å²) in [4.78, 5) is 4.10. The van der Waals surface area contributed by atoms with Gasteiger partial charge in [-0.2, -0.15) is 0 Å². The van der Waals surface area contributed by atoms with E-state index < -0.39 is 0 Å². The van der Waals surface area contributed by atoms with Gasteiger partial charge >= 0.3 is 0 Å².